The molecule has 2 aromatic carbocycles. The lowest BCUT2D eigenvalue weighted by Crippen LogP contribution is -2.35. The second-order valence-electron chi connectivity index (χ2n) is 6.51. The molecule has 0 saturated carbocycles. The molecule has 0 bridgehead atoms. The van der Waals surface area contributed by atoms with E-state index < -0.39 is 0 Å². The Hall–Kier alpha value is -1.44. The monoisotopic (exact) mass is 359 g/mol. The largest absolute Gasteiger partial charge is 0.368 e. The predicted molar refractivity (Wildman–Crippen MR) is 104 cm³/mol. The van der Waals surface area contributed by atoms with Gasteiger partial charge in [-0.25, -0.2) is 0 Å². The van der Waals surface area contributed by atoms with Crippen molar-refractivity contribution in [2.24, 2.45) is 5.92 Å². The first-order valence-corrected chi connectivity index (χ1v) is 9.26. The van der Waals surface area contributed by atoms with Gasteiger partial charge in [-0.3, -0.25) is 0 Å². The van der Waals surface area contributed by atoms with Crippen molar-refractivity contribution in [2.75, 3.05) is 6.54 Å². The molecule has 0 amide bonds. The van der Waals surface area contributed by atoms with Gasteiger partial charge in [0.2, 0.25) is 0 Å². The van der Waals surface area contributed by atoms with Crippen molar-refractivity contribution in [1.29, 1.82) is 0 Å². The molecule has 3 heteroatoms. The Morgan fingerprint density at radius 3 is 2.42 bits per heavy atom. The smallest absolute Gasteiger partial charge is 0.0511 e. The van der Waals surface area contributed by atoms with Crippen molar-refractivity contribution in [1.82, 2.24) is 4.90 Å². The summed E-state index contributed by atoms with van der Waals surface area (Å²) < 4.78 is 0. The van der Waals surface area contributed by atoms with Crippen LogP contribution in [0.1, 0.15) is 36.9 Å². The van der Waals surface area contributed by atoms with E-state index in [9.17, 15) is 0 Å². The van der Waals surface area contributed by atoms with Crippen LogP contribution in [-0.2, 0) is 6.42 Å². The molecule has 0 aromatic heterocycles. The lowest BCUT2D eigenvalue weighted by molar-refractivity contribution is 0.194. The van der Waals surface area contributed by atoms with E-state index in [-0.39, 0.29) is 0 Å². The van der Waals surface area contributed by atoms with Crippen LogP contribution >= 0.6 is 23.2 Å². The van der Waals surface area contributed by atoms with Gasteiger partial charge in [0.25, 0.3) is 0 Å². The zero-order valence-electron chi connectivity index (χ0n) is 14.0. The van der Waals surface area contributed by atoms with Gasteiger partial charge in [0.15, 0.2) is 0 Å². The third kappa shape index (κ3) is 3.63. The first-order valence-electron chi connectivity index (χ1n) is 8.51. The Morgan fingerprint density at radius 1 is 1.08 bits per heavy atom. The van der Waals surface area contributed by atoms with E-state index in [1.807, 2.05) is 18.2 Å². The minimum Gasteiger partial charge on any atom is -0.368 e. The molecular weight excluding hydrogens is 337 g/mol. The number of hydrogen-bond acceptors (Lipinski definition) is 1. The van der Waals surface area contributed by atoms with E-state index in [4.69, 9.17) is 23.2 Å². The molecule has 1 aliphatic heterocycles. The van der Waals surface area contributed by atoms with Crippen LogP contribution in [0.2, 0.25) is 10.0 Å². The lowest BCUT2D eigenvalue weighted by Gasteiger charge is -2.41. The molecule has 1 nitrogen and oxygen atoms in total. The number of halogens is 2. The Morgan fingerprint density at radius 2 is 1.75 bits per heavy atom. The van der Waals surface area contributed by atoms with Crippen LogP contribution in [-0.4, -0.2) is 11.4 Å². The van der Waals surface area contributed by atoms with E-state index in [0.29, 0.717) is 12.0 Å². The molecule has 2 unspecified atom stereocenters. The minimum absolute atomic E-state index is 0.336. The van der Waals surface area contributed by atoms with Crippen LogP contribution in [0.5, 0.6) is 0 Å². The maximum Gasteiger partial charge on any atom is 0.0511 e. The van der Waals surface area contributed by atoms with Crippen molar-refractivity contribution >= 4 is 23.2 Å². The molecule has 0 spiro atoms. The highest BCUT2D eigenvalue weighted by atomic mass is 35.5. The van der Waals surface area contributed by atoms with Crippen LogP contribution < -0.4 is 0 Å². The van der Waals surface area contributed by atoms with Crippen molar-refractivity contribution in [3.8, 4) is 0 Å². The summed E-state index contributed by atoms with van der Waals surface area (Å²) in [5.41, 5.74) is 3.57. The van der Waals surface area contributed by atoms with E-state index in [0.717, 1.165) is 35.0 Å². The number of allylic oxidation sites excluding steroid dienone is 1. The molecule has 1 heterocycles. The third-order valence-electron chi connectivity index (χ3n) is 5.05. The molecule has 126 valence electrons. The van der Waals surface area contributed by atoms with Crippen LogP contribution in [0.25, 0.3) is 0 Å². The fraction of sp³-hybridized carbons (Fsp3) is 0.333. The predicted octanol–water partition coefficient (Wildman–Crippen LogP) is 6.52. The lowest BCUT2D eigenvalue weighted by atomic mass is 9.87. The van der Waals surface area contributed by atoms with Gasteiger partial charge in [-0.15, -0.1) is 0 Å². The highest BCUT2D eigenvalue weighted by Crippen LogP contribution is 2.37. The number of benzene rings is 2. The fourth-order valence-electron chi connectivity index (χ4n) is 3.60. The van der Waals surface area contributed by atoms with Crippen LogP contribution in [0.4, 0.5) is 0 Å². The number of rotatable bonds is 4. The normalized spacial score (nSPS) is 19.4. The average Bonchev–Trinajstić information content (AvgIpc) is 2.60. The molecular formula is C21H23Cl2N. The molecule has 0 radical (unpaired) electrons. The Bertz CT molecular complexity index is 691. The molecule has 3 rings (SSSR count). The quantitative estimate of drug-likeness (QED) is 0.600. The van der Waals surface area contributed by atoms with E-state index >= 15 is 0 Å². The topological polar surface area (TPSA) is 3.24 Å². The van der Waals surface area contributed by atoms with Crippen LogP contribution in [0.3, 0.4) is 0 Å². The highest BCUT2D eigenvalue weighted by molar-refractivity contribution is 6.36. The summed E-state index contributed by atoms with van der Waals surface area (Å²) in [6, 6.07) is 16.7. The van der Waals surface area contributed by atoms with E-state index in [2.05, 4.69) is 48.7 Å². The molecule has 24 heavy (non-hydrogen) atoms. The summed E-state index contributed by atoms with van der Waals surface area (Å²) in [5.74, 6) is 0.391. The maximum atomic E-state index is 6.36. The first kappa shape index (κ1) is 17.4. The molecule has 1 saturated heterocycles. The Kier molecular flexibility index (Phi) is 5.53. The second-order valence-corrected chi connectivity index (χ2v) is 7.33. The van der Waals surface area contributed by atoms with Gasteiger partial charge in [0.1, 0.15) is 0 Å². The Labute approximate surface area is 154 Å². The summed E-state index contributed by atoms with van der Waals surface area (Å²) in [6.07, 6.45) is 3.16. The van der Waals surface area contributed by atoms with Gasteiger partial charge < -0.3 is 4.90 Å². The number of likely N-dealkylation sites (tertiary alicyclic amines) is 1. The van der Waals surface area contributed by atoms with Crippen molar-refractivity contribution in [2.45, 2.75) is 32.2 Å². The summed E-state index contributed by atoms with van der Waals surface area (Å²) in [4.78, 5) is 2.44. The van der Waals surface area contributed by atoms with Crippen molar-refractivity contribution < 1.29 is 0 Å². The summed E-state index contributed by atoms with van der Waals surface area (Å²) >= 11 is 12.7. The summed E-state index contributed by atoms with van der Waals surface area (Å²) in [6.45, 7) is 7.73. The molecule has 0 N–H and O–H groups in total. The fourth-order valence-corrected chi connectivity index (χ4v) is 4.15. The standard InChI is InChI=1S/C21H23Cl2N/c1-15(17-8-4-3-5-9-17)24-13-7-10-18(16(24)2)14-19-20(22)11-6-12-21(19)23/h3-6,8-9,11-12,15,18H,2,7,10,13-14H2,1H3. The zero-order chi connectivity index (χ0) is 17.1. The zero-order valence-corrected chi connectivity index (χ0v) is 15.5. The van der Waals surface area contributed by atoms with Gasteiger partial charge in [0.05, 0.1) is 6.04 Å². The second kappa shape index (κ2) is 7.63. The SMILES string of the molecule is C=C1C(Cc2c(Cl)cccc2Cl)CCCN1C(C)c1ccccc1. The molecule has 2 aromatic rings. The molecule has 0 aliphatic carbocycles. The highest BCUT2D eigenvalue weighted by Gasteiger charge is 2.28. The van der Waals surface area contributed by atoms with Gasteiger partial charge in [0, 0.05) is 28.2 Å². The van der Waals surface area contributed by atoms with Crippen molar-refractivity contribution in [3.05, 3.63) is 82.0 Å². The maximum absolute atomic E-state index is 6.36. The number of hydrogen-bond donors (Lipinski definition) is 0. The Balaban J connectivity index is 1.78. The third-order valence-corrected chi connectivity index (χ3v) is 5.76. The van der Waals surface area contributed by atoms with Crippen molar-refractivity contribution in [3.63, 3.8) is 0 Å². The summed E-state index contributed by atoms with van der Waals surface area (Å²) in [5, 5.41) is 1.51. The molecule has 2 atom stereocenters. The summed E-state index contributed by atoms with van der Waals surface area (Å²) in [7, 11) is 0. The van der Waals surface area contributed by atoms with Gasteiger partial charge >= 0.3 is 0 Å². The van der Waals surface area contributed by atoms with E-state index in [1.165, 1.54) is 17.7 Å². The average molecular weight is 360 g/mol. The minimum atomic E-state index is 0.336. The molecule has 1 fully saturated rings. The molecule has 1 aliphatic rings. The van der Waals surface area contributed by atoms with Gasteiger partial charge in [-0.1, -0.05) is 66.2 Å². The van der Waals surface area contributed by atoms with Gasteiger partial charge in [-0.05, 0) is 49.4 Å². The van der Waals surface area contributed by atoms with Crippen LogP contribution in [0.15, 0.2) is 60.8 Å². The van der Waals surface area contributed by atoms with E-state index in [1.54, 1.807) is 0 Å². The number of piperidine rings is 1. The number of nitrogens with zero attached hydrogens (tertiary/aromatic N) is 1. The van der Waals surface area contributed by atoms with Crippen LogP contribution in [0, 0.1) is 5.92 Å². The first-order chi connectivity index (χ1) is 11.6. The van der Waals surface area contributed by atoms with Gasteiger partial charge in [-0.2, -0.15) is 0 Å².